The predicted molar refractivity (Wildman–Crippen MR) is 86.9 cm³/mol. The van der Waals surface area contributed by atoms with Gasteiger partial charge in [0.15, 0.2) is 0 Å². The van der Waals surface area contributed by atoms with Crippen molar-refractivity contribution in [3.63, 3.8) is 0 Å². The molecular formula is C18H28N2O. The molecule has 0 saturated heterocycles. The first kappa shape index (κ1) is 16.0. The molecule has 116 valence electrons. The van der Waals surface area contributed by atoms with Crippen molar-refractivity contribution in [2.24, 2.45) is 17.6 Å². The van der Waals surface area contributed by atoms with Gasteiger partial charge in [0.2, 0.25) is 5.91 Å². The number of aryl methyl sites for hydroxylation is 2. The van der Waals surface area contributed by atoms with Crippen LogP contribution in [0.5, 0.6) is 0 Å². The lowest BCUT2D eigenvalue weighted by atomic mass is 9.81. The van der Waals surface area contributed by atoms with E-state index in [1.807, 2.05) is 11.9 Å². The molecule has 1 amide bonds. The second-order valence-electron chi connectivity index (χ2n) is 6.58. The molecule has 1 aromatic rings. The van der Waals surface area contributed by atoms with E-state index in [2.05, 4.69) is 32.0 Å². The Bertz CT molecular complexity index is 490. The molecule has 1 fully saturated rings. The van der Waals surface area contributed by atoms with Crippen LogP contribution in [0, 0.1) is 25.7 Å². The normalized spacial score (nSPS) is 22.1. The minimum absolute atomic E-state index is 0.198. The monoisotopic (exact) mass is 288 g/mol. The van der Waals surface area contributed by atoms with Crippen LogP contribution < -0.4 is 5.73 Å². The summed E-state index contributed by atoms with van der Waals surface area (Å²) in [5.74, 6) is 1.12. The third-order valence-electron chi connectivity index (χ3n) is 4.81. The topological polar surface area (TPSA) is 46.3 Å². The van der Waals surface area contributed by atoms with Crippen LogP contribution in [0.4, 0.5) is 0 Å². The van der Waals surface area contributed by atoms with Gasteiger partial charge in [-0.2, -0.15) is 0 Å². The standard InChI is InChI=1S/C18H28N2O/c1-13-4-7-17(14(2)10-13)12-20(3)18(21)16-8-5-15(11-19)6-9-16/h4,7,10,15-16H,5-6,8-9,11-12,19H2,1-3H3. The highest BCUT2D eigenvalue weighted by Gasteiger charge is 2.27. The van der Waals surface area contributed by atoms with Gasteiger partial charge in [-0.05, 0) is 63.1 Å². The zero-order valence-electron chi connectivity index (χ0n) is 13.6. The van der Waals surface area contributed by atoms with Crippen molar-refractivity contribution < 1.29 is 4.79 Å². The van der Waals surface area contributed by atoms with Crippen molar-refractivity contribution in [1.29, 1.82) is 0 Å². The number of carbonyl (C=O) groups is 1. The van der Waals surface area contributed by atoms with Crippen LogP contribution in [-0.2, 0) is 11.3 Å². The van der Waals surface area contributed by atoms with Crippen LogP contribution in [0.25, 0.3) is 0 Å². The molecule has 1 saturated carbocycles. The van der Waals surface area contributed by atoms with Gasteiger partial charge in [-0.1, -0.05) is 23.8 Å². The number of hydrogen-bond acceptors (Lipinski definition) is 2. The van der Waals surface area contributed by atoms with Crippen molar-refractivity contribution in [2.75, 3.05) is 13.6 Å². The highest BCUT2D eigenvalue weighted by Crippen LogP contribution is 2.29. The lowest BCUT2D eigenvalue weighted by Gasteiger charge is -2.30. The largest absolute Gasteiger partial charge is 0.341 e. The Morgan fingerprint density at radius 2 is 1.90 bits per heavy atom. The van der Waals surface area contributed by atoms with E-state index in [0.717, 1.165) is 32.2 Å². The summed E-state index contributed by atoms with van der Waals surface area (Å²) >= 11 is 0. The molecule has 0 bridgehead atoms. The van der Waals surface area contributed by atoms with E-state index in [1.165, 1.54) is 16.7 Å². The molecule has 0 radical (unpaired) electrons. The number of benzene rings is 1. The molecule has 3 nitrogen and oxygen atoms in total. The van der Waals surface area contributed by atoms with Crippen molar-refractivity contribution in [1.82, 2.24) is 4.90 Å². The second kappa shape index (κ2) is 7.08. The number of carbonyl (C=O) groups excluding carboxylic acids is 1. The SMILES string of the molecule is Cc1ccc(CN(C)C(=O)C2CCC(CN)CC2)c(C)c1. The minimum atomic E-state index is 0.198. The third-order valence-corrected chi connectivity index (χ3v) is 4.81. The maximum Gasteiger partial charge on any atom is 0.225 e. The van der Waals surface area contributed by atoms with E-state index < -0.39 is 0 Å². The quantitative estimate of drug-likeness (QED) is 0.925. The van der Waals surface area contributed by atoms with E-state index in [-0.39, 0.29) is 5.92 Å². The highest BCUT2D eigenvalue weighted by atomic mass is 16.2. The highest BCUT2D eigenvalue weighted by molar-refractivity contribution is 5.78. The number of hydrogen-bond donors (Lipinski definition) is 1. The summed E-state index contributed by atoms with van der Waals surface area (Å²) in [6.07, 6.45) is 4.20. The first-order valence-corrected chi connectivity index (χ1v) is 8.02. The van der Waals surface area contributed by atoms with E-state index in [9.17, 15) is 4.79 Å². The average Bonchev–Trinajstić information content (AvgIpc) is 2.49. The van der Waals surface area contributed by atoms with Crippen molar-refractivity contribution >= 4 is 5.91 Å². The molecule has 1 aromatic carbocycles. The lowest BCUT2D eigenvalue weighted by molar-refractivity contribution is -0.136. The maximum atomic E-state index is 12.6. The summed E-state index contributed by atoms with van der Waals surface area (Å²) in [6.45, 7) is 5.69. The number of nitrogens with zero attached hydrogens (tertiary/aromatic N) is 1. The van der Waals surface area contributed by atoms with Crippen LogP contribution in [0.3, 0.4) is 0 Å². The Labute approximate surface area is 128 Å². The molecule has 3 heteroatoms. The van der Waals surface area contributed by atoms with Gasteiger partial charge in [-0.3, -0.25) is 4.79 Å². The molecule has 0 heterocycles. The van der Waals surface area contributed by atoms with Gasteiger partial charge < -0.3 is 10.6 Å². The average molecular weight is 288 g/mol. The van der Waals surface area contributed by atoms with E-state index in [4.69, 9.17) is 5.73 Å². The fourth-order valence-corrected chi connectivity index (χ4v) is 3.31. The Kier molecular flexibility index (Phi) is 5.40. The van der Waals surface area contributed by atoms with Crippen LogP contribution in [0.15, 0.2) is 18.2 Å². The molecule has 1 aliphatic carbocycles. The van der Waals surface area contributed by atoms with Gasteiger partial charge >= 0.3 is 0 Å². The fourth-order valence-electron chi connectivity index (χ4n) is 3.31. The van der Waals surface area contributed by atoms with Crippen LogP contribution in [0.1, 0.15) is 42.4 Å². The van der Waals surface area contributed by atoms with Crippen LogP contribution in [0.2, 0.25) is 0 Å². The maximum absolute atomic E-state index is 12.6. The molecule has 0 atom stereocenters. The van der Waals surface area contributed by atoms with Crippen molar-refractivity contribution in [3.8, 4) is 0 Å². The Hall–Kier alpha value is -1.35. The van der Waals surface area contributed by atoms with Crippen molar-refractivity contribution in [3.05, 3.63) is 34.9 Å². The molecule has 0 unspecified atom stereocenters. The molecule has 2 N–H and O–H groups in total. The summed E-state index contributed by atoms with van der Waals surface area (Å²) in [5, 5.41) is 0. The van der Waals surface area contributed by atoms with Gasteiger partial charge in [-0.25, -0.2) is 0 Å². The third kappa shape index (κ3) is 4.07. The molecule has 0 aliphatic heterocycles. The minimum Gasteiger partial charge on any atom is -0.341 e. The first-order chi connectivity index (χ1) is 10.0. The van der Waals surface area contributed by atoms with Gasteiger partial charge in [0.25, 0.3) is 0 Å². The molecular weight excluding hydrogens is 260 g/mol. The molecule has 1 aliphatic rings. The van der Waals surface area contributed by atoms with Gasteiger partial charge in [-0.15, -0.1) is 0 Å². The summed E-state index contributed by atoms with van der Waals surface area (Å²) in [5.41, 5.74) is 9.50. The predicted octanol–water partition coefficient (Wildman–Crippen LogP) is 3.03. The van der Waals surface area contributed by atoms with Gasteiger partial charge in [0.05, 0.1) is 0 Å². The molecule has 21 heavy (non-hydrogen) atoms. The Morgan fingerprint density at radius 3 is 2.48 bits per heavy atom. The van der Waals surface area contributed by atoms with E-state index >= 15 is 0 Å². The number of amides is 1. The van der Waals surface area contributed by atoms with E-state index in [0.29, 0.717) is 18.4 Å². The second-order valence-corrected chi connectivity index (χ2v) is 6.58. The molecule has 0 aromatic heterocycles. The zero-order chi connectivity index (χ0) is 15.4. The number of nitrogens with two attached hydrogens (primary N) is 1. The fraction of sp³-hybridized carbons (Fsp3) is 0.611. The smallest absolute Gasteiger partial charge is 0.225 e. The van der Waals surface area contributed by atoms with Crippen molar-refractivity contribution in [2.45, 2.75) is 46.1 Å². The van der Waals surface area contributed by atoms with Crippen LogP contribution >= 0.6 is 0 Å². The molecule has 2 rings (SSSR count). The summed E-state index contributed by atoms with van der Waals surface area (Å²) in [4.78, 5) is 14.5. The van der Waals surface area contributed by atoms with Crippen LogP contribution in [-0.4, -0.2) is 24.4 Å². The lowest BCUT2D eigenvalue weighted by Crippen LogP contribution is -2.35. The zero-order valence-corrected chi connectivity index (χ0v) is 13.6. The van der Waals surface area contributed by atoms with Gasteiger partial charge in [0, 0.05) is 19.5 Å². The summed E-state index contributed by atoms with van der Waals surface area (Å²) < 4.78 is 0. The van der Waals surface area contributed by atoms with E-state index in [1.54, 1.807) is 0 Å². The first-order valence-electron chi connectivity index (χ1n) is 8.02. The summed E-state index contributed by atoms with van der Waals surface area (Å²) in [6, 6.07) is 6.44. The summed E-state index contributed by atoms with van der Waals surface area (Å²) in [7, 11) is 1.93. The number of rotatable bonds is 4. The Balaban J connectivity index is 1.93. The van der Waals surface area contributed by atoms with Gasteiger partial charge in [0.1, 0.15) is 0 Å². The molecule has 0 spiro atoms. The Morgan fingerprint density at radius 1 is 1.24 bits per heavy atom.